The highest BCUT2D eigenvalue weighted by atomic mass is 32.2. The zero-order valence-corrected chi connectivity index (χ0v) is 26.9. The van der Waals surface area contributed by atoms with Gasteiger partial charge < -0.3 is 19.1 Å². The van der Waals surface area contributed by atoms with Crippen molar-refractivity contribution in [1.29, 1.82) is 0 Å². The van der Waals surface area contributed by atoms with E-state index in [2.05, 4.69) is 68.2 Å². The number of hydrazone groups is 1. The van der Waals surface area contributed by atoms with Gasteiger partial charge in [-0.1, -0.05) is 42.0 Å². The van der Waals surface area contributed by atoms with Gasteiger partial charge in [0.05, 0.1) is 51.9 Å². The lowest BCUT2D eigenvalue weighted by Gasteiger charge is -2.33. The monoisotopic (exact) mass is 645 g/mol. The molecule has 0 amide bonds. The number of hydrogen-bond acceptors (Lipinski definition) is 11. The molecular formula is C31H35N9O3S2. The summed E-state index contributed by atoms with van der Waals surface area (Å²) in [5.74, 6) is 1.97. The van der Waals surface area contributed by atoms with Crippen LogP contribution in [-0.4, -0.2) is 97.2 Å². The number of hydrogen-bond donors (Lipinski definition) is 1. The Hall–Kier alpha value is -4.11. The van der Waals surface area contributed by atoms with Gasteiger partial charge in [-0.05, 0) is 30.7 Å². The van der Waals surface area contributed by atoms with E-state index in [0.717, 1.165) is 51.0 Å². The summed E-state index contributed by atoms with van der Waals surface area (Å²) < 4.78 is 34.3. The van der Waals surface area contributed by atoms with Crippen molar-refractivity contribution >= 4 is 65.6 Å². The lowest BCUT2D eigenvalue weighted by molar-refractivity contribution is 0.122. The Morgan fingerprint density at radius 2 is 1.69 bits per heavy atom. The summed E-state index contributed by atoms with van der Waals surface area (Å²) >= 11 is 1.64. The molecule has 234 valence electrons. The SMILES string of the molecule is Cc1ccc(Cn2c(/C=N/Nc3nc(N4CCOCC4)c4sc(N5CCN(S(C)(=O)=O)CC5)cc4n3)nc3ccccc32)cc1. The maximum Gasteiger partial charge on any atom is 0.246 e. The quantitative estimate of drug-likeness (QED) is 0.199. The molecule has 0 bridgehead atoms. The number of nitrogens with zero attached hydrogens (tertiary/aromatic N) is 8. The number of nitrogens with one attached hydrogen (secondary N) is 1. The van der Waals surface area contributed by atoms with Gasteiger partial charge in [0.25, 0.3) is 0 Å². The molecule has 5 heterocycles. The fourth-order valence-electron chi connectivity index (χ4n) is 5.72. The number of sulfonamides is 1. The number of aromatic nitrogens is 4. The third-order valence-corrected chi connectivity index (χ3v) is 10.6. The minimum absolute atomic E-state index is 0.396. The molecule has 0 saturated carbocycles. The van der Waals surface area contributed by atoms with E-state index in [1.165, 1.54) is 21.7 Å². The van der Waals surface area contributed by atoms with Crippen molar-refractivity contribution in [2.75, 3.05) is 74.0 Å². The Labute approximate surface area is 266 Å². The smallest absolute Gasteiger partial charge is 0.246 e. The summed E-state index contributed by atoms with van der Waals surface area (Å²) in [5, 5.41) is 5.60. The lowest BCUT2D eigenvalue weighted by atomic mass is 10.1. The van der Waals surface area contributed by atoms with Crippen molar-refractivity contribution in [3.63, 3.8) is 0 Å². The number of imidazole rings is 1. The van der Waals surface area contributed by atoms with Crippen LogP contribution in [0.1, 0.15) is 17.0 Å². The summed E-state index contributed by atoms with van der Waals surface area (Å²) in [5.41, 5.74) is 8.24. The fraction of sp³-hybridized carbons (Fsp3) is 0.355. The predicted molar refractivity (Wildman–Crippen MR) is 180 cm³/mol. The number of fused-ring (bicyclic) bond motifs is 2. The molecule has 12 nitrogen and oxygen atoms in total. The van der Waals surface area contributed by atoms with Gasteiger partial charge >= 0.3 is 0 Å². The van der Waals surface area contributed by atoms with E-state index in [4.69, 9.17) is 19.7 Å². The molecule has 0 spiro atoms. The zero-order valence-electron chi connectivity index (χ0n) is 25.3. The molecule has 1 N–H and O–H groups in total. The second-order valence-corrected chi connectivity index (χ2v) is 14.3. The molecule has 2 aromatic carbocycles. The molecule has 2 saturated heterocycles. The topological polar surface area (TPSA) is 121 Å². The van der Waals surface area contributed by atoms with E-state index in [-0.39, 0.29) is 0 Å². The third kappa shape index (κ3) is 6.36. The van der Waals surface area contributed by atoms with Gasteiger partial charge in [0, 0.05) is 45.8 Å². The first-order chi connectivity index (χ1) is 21.8. The molecule has 14 heteroatoms. The molecule has 0 atom stereocenters. The first-order valence-electron chi connectivity index (χ1n) is 15.0. The van der Waals surface area contributed by atoms with Crippen LogP contribution in [0.5, 0.6) is 0 Å². The Kier molecular flexibility index (Phi) is 8.12. The largest absolute Gasteiger partial charge is 0.378 e. The number of para-hydroxylation sites is 2. The van der Waals surface area contributed by atoms with E-state index in [1.807, 2.05) is 18.2 Å². The Morgan fingerprint density at radius 3 is 2.44 bits per heavy atom. The van der Waals surface area contributed by atoms with Crippen LogP contribution in [0.4, 0.5) is 16.8 Å². The molecule has 3 aromatic heterocycles. The molecule has 0 aliphatic carbocycles. The molecule has 0 unspecified atom stereocenters. The first-order valence-corrected chi connectivity index (χ1v) is 17.6. The van der Waals surface area contributed by atoms with Crippen LogP contribution in [-0.2, 0) is 21.3 Å². The number of piperazine rings is 1. The fourth-order valence-corrected chi connectivity index (χ4v) is 7.71. The van der Waals surface area contributed by atoms with Gasteiger partial charge in [0.15, 0.2) is 11.6 Å². The van der Waals surface area contributed by atoms with Crippen molar-refractivity contribution in [3.05, 3.63) is 71.5 Å². The third-order valence-electron chi connectivity index (χ3n) is 8.16. The van der Waals surface area contributed by atoms with Crippen LogP contribution < -0.4 is 15.2 Å². The van der Waals surface area contributed by atoms with E-state index in [9.17, 15) is 8.42 Å². The number of aryl methyl sites for hydroxylation is 1. The normalized spacial score (nSPS) is 16.8. The lowest BCUT2D eigenvalue weighted by Crippen LogP contribution is -2.48. The van der Waals surface area contributed by atoms with Crippen molar-refractivity contribution in [3.8, 4) is 0 Å². The van der Waals surface area contributed by atoms with Crippen LogP contribution in [0.15, 0.2) is 59.7 Å². The van der Waals surface area contributed by atoms with Crippen molar-refractivity contribution in [2.45, 2.75) is 13.5 Å². The van der Waals surface area contributed by atoms with Gasteiger partial charge in [-0.25, -0.2) is 23.8 Å². The Balaban J connectivity index is 1.17. The predicted octanol–water partition coefficient (Wildman–Crippen LogP) is 3.76. The number of benzene rings is 2. The highest BCUT2D eigenvalue weighted by Crippen LogP contribution is 2.38. The van der Waals surface area contributed by atoms with Crippen molar-refractivity contribution in [1.82, 2.24) is 23.8 Å². The summed E-state index contributed by atoms with van der Waals surface area (Å²) in [6.07, 6.45) is 2.99. The number of morpholine rings is 1. The summed E-state index contributed by atoms with van der Waals surface area (Å²) in [7, 11) is -3.20. The van der Waals surface area contributed by atoms with Gasteiger partial charge in [-0.15, -0.1) is 11.3 Å². The Morgan fingerprint density at radius 1 is 0.933 bits per heavy atom. The van der Waals surface area contributed by atoms with Crippen LogP contribution >= 0.6 is 11.3 Å². The minimum Gasteiger partial charge on any atom is -0.378 e. The van der Waals surface area contributed by atoms with E-state index >= 15 is 0 Å². The van der Waals surface area contributed by atoms with Gasteiger partial charge in [0.1, 0.15) is 0 Å². The molecular weight excluding hydrogens is 611 g/mol. The Bertz CT molecular complexity index is 1960. The van der Waals surface area contributed by atoms with Crippen LogP contribution in [0, 0.1) is 6.92 Å². The summed E-state index contributed by atoms with van der Waals surface area (Å²) in [6.45, 7) is 7.67. The highest BCUT2D eigenvalue weighted by Gasteiger charge is 2.26. The number of thiophene rings is 1. The highest BCUT2D eigenvalue weighted by molar-refractivity contribution is 7.88. The second-order valence-electron chi connectivity index (χ2n) is 11.3. The molecule has 45 heavy (non-hydrogen) atoms. The van der Waals surface area contributed by atoms with Gasteiger partial charge in [0.2, 0.25) is 16.0 Å². The molecule has 2 fully saturated rings. The standard InChI is InChI=1S/C31H35N9O3S2/c1-22-7-9-23(10-8-22)21-40-26-6-4-3-5-24(26)33-27(40)20-32-36-31-34-25-19-28(37-11-13-39(14-12-37)45(2,41)42)44-29(25)30(35-31)38-15-17-43-18-16-38/h3-10,19-20H,11-18,21H2,1-2H3,(H,34,35,36)/b32-20+. The number of rotatable bonds is 8. The summed E-state index contributed by atoms with van der Waals surface area (Å²) in [4.78, 5) is 19.0. The molecule has 2 aliphatic rings. The minimum atomic E-state index is -3.20. The maximum absolute atomic E-state index is 12.0. The molecule has 7 rings (SSSR count). The molecule has 0 radical (unpaired) electrons. The van der Waals surface area contributed by atoms with E-state index < -0.39 is 10.0 Å². The van der Waals surface area contributed by atoms with Crippen molar-refractivity contribution in [2.24, 2.45) is 5.10 Å². The van der Waals surface area contributed by atoms with Crippen LogP contribution in [0.25, 0.3) is 21.3 Å². The summed E-state index contributed by atoms with van der Waals surface area (Å²) in [6, 6.07) is 18.7. The zero-order chi connectivity index (χ0) is 31.0. The van der Waals surface area contributed by atoms with Gasteiger partial charge in [-0.3, -0.25) is 0 Å². The molecule has 2 aliphatic heterocycles. The second kappa shape index (κ2) is 12.4. The van der Waals surface area contributed by atoms with E-state index in [0.29, 0.717) is 51.9 Å². The number of anilines is 3. The first kappa shape index (κ1) is 29.6. The average molecular weight is 646 g/mol. The van der Waals surface area contributed by atoms with Crippen LogP contribution in [0.3, 0.4) is 0 Å². The molecule has 5 aromatic rings. The average Bonchev–Trinajstić information content (AvgIpc) is 3.63. The number of ether oxygens (including phenoxy) is 1. The van der Waals surface area contributed by atoms with Crippen LogP contribution in [0.2, 0.25) is 0 Å². The van der Waals surface area contributed by atoms with Gasteiger partial charge in [-0.2, -0.15) is 14.4 Å². The maximum atomic E-state index is 12.0. The van der Waals surface area contributed by atoms with Crippen molar-refractivity contribution < 1.29 is 13.2 Å². The van der Waals surface area contributed by atoms with E-state index in [1.54, 1.807) is 17.6 Å².